The van der Waals surface area contributed by atoms with Crippen molar-refractivity contribution in [2.75, 3.05) is 13.7 Å². The summed E-state index contributed by atoms with van der Waals surface area (Å²) < 4.78 is 9.97. The van der Waals surface area contributed by atoms with Crippen LogP contribution in [0.4, 0.5) is 0 Å². The standard InChI is InChI=1S/C18H21NO4/c1-13-6-7-15(11-14(13)2)18(21)19(9-8-17(20)22-3)12-16-5-4-10-23-16/h4-7,10-11H,8-9,12H2,1-3H3. The average Bonchev–Trinajstić information content (AvgIpc) is 3.06. The summed E-state index contributed by atoms with van der Waals surface area (Å²) in [5.74, 6) is 0.197. The van der Waals surface area contributed by atoms with Gasteiger partial charge in [0.2, 0.25) is 0 Å². The van der Waals surface area contributed by atoms with E-state index in [2.05, 4.69) is 4.74 Å². The number of aryl methyl sites for hydroxylation is 2. The molecule has 0 atom stereocenters. The van der Waals surface area contributed by atoms with Crippen molar-refractivity contribution in [3.8, 4) is 0 Å². The monoisotopic (exact) mass is 315 g/mol. The number of nitrogens with zero attached hydrogens (tertiary/aromatic N) is 1. The number of ether oxygens (including phenoxy) is 1. The highest BCUT2D eigenvalue weighted by molar-refractivity contribution is 5.94. The number of rotatable bonds is 6. The third kappa shape index (κ3) is 4.45. The van der Waals surface area contributed by atoms with E-state index in [4.69, 9.17) is 4.42 Å². The van der Waals surface area contributed by atoms with E-state index >= 15 is 0 Å². The fourth-order valence-electron chi connectivity index (χ4n) is 2.23. The number of benzene rings is 1. The minimum atomic E-state index is -0.345. The largest absolute Gasteiger partial charge is 0.469 e. The second kappa shape index (κ2) is 7.63. The van der Waals surface area contributed by atoms with Crippen molar-refractivity contribution in [1.29, 1.82) is 0 Å². The van der Waals surface area contributed by atoms with Crippen LogP contribution < -0.4 is 0 Å². The maximum absolute atomic E-state index is 12.8. The summed E-state index contributed by atoms with van der Waals surface area (Å²) in [6, 6.07) is 9.17. The topological polar surface area (TPSA) is 59.8 Å². The Morgan fingerprint density at radius 3 is 2.57 bits per heavy atom. The van der Waals surface area contributed by atoms with Crippen LogP contribution in [0.5, 0.6) is 0 Å². The van der Waals surface area contributed by atoms with Gasteiger partial charge in [-0.2, -0.15) is 0 Å². The molecule has 0 saturated carbocycles. The van der Waals surface area contributed by atoms with E-state index in [1.54, 1.807) is 29.4 Å². The molecule has 0 unspecified atom stereocenters. The van der Waals surface area contributed by atoms with Gasteiger partial charge in [-0.1, -0.05) is 6.07 Å². The SMILES string of the molecule is COC(=O)CCN(Cc1ccco1)C(=O)c1ccc(C)c(C)c1. The molecule has 0 aliphatic carbocycles. The van der Waals surface area contributed by atoms with Crippen molar-refractivity contribution in [2.45, 2.75) is 26.8 Å². The zero-order valence-electron chi connectivity index (χ0n) is 13.7. The fraction of sp³-hybridized carbons (Fsp3) is 0.333. The Balaban J connectivity index is 2.18. The number of hydrogen-bond donors (Lipinski definition) is 0. The van der Waals surface area contributed by atoms with Gasteiger partial charge in [-0.3, -0.25) is 9.59 Å². The highest BCUT2D eigenvalue weighted by atomic mass is 16.5. The zero-order valence-corrected chi connectivity index (χ0v) is 13.7. The number of esters is 1. The van der Waals surface area contributed by atoms with Crippen molar-refractivity contribution in [3.05, 3.63) is 59.0 Å². The van der Waals surface area contributed by atoms with Crippen molar-refractivity contribution in [3.63, 3.8) is 0 Å². The average molecular weight is 315 g/mol. The van der Waals surface area contributed by atoms with Crippen LogP contribution in [-0.4, -0.2) is 30.4 Å². The second-order valence-electron chi connectivity index (χ2n) is 5.43. The van der Waals surface area contributed by atoms with Gasteiger partial charge in [0.25, 0.3) is 5.91 Å². The quantitative estimate of drug-likeness (QED) is 0.769. The lowest BCUT2D eigenvalue weighted by atomic mass is 10.1. The van der Waals surface area contributed by atoms with Gasteiger partial charge in [0, 0.05) is 12.1 Å². The van der Waals surface area contributed by atoms with Gasteiger partial charge >= 0.3 is 5.97 Å². The highest BCUT2D eigenvalue weighted by Gasteiger charge is 2.19. The first kappa shape index (κ1) is 16.8. The number of hydrogen-bond acceptors (Lipinski definition) is 4. The molecular weight excluding hydrogens is 294 g/mol. The molecule has 0 saturated heterocycles. The van der Waals surface area contributed by atoms with Crippen LogP contribution in [0.3, 0.4) is 0 Å². The molecule has 122 valence electrons. The minimum Gasteiger partial charge on any atom is -0.469 e. The third-order valence-corrected chi connectivity index (χ3v) is 3.78. The Hall–Kier alpha value is -2.56. The summed E-state index contributed by atoms with van der Waals surface area (Å²) in [5.41, 5.74) is 2.79. The summed E-state index contributed by atoms with van der Waals surface area (Å²) in [7, 11) is 1.34. The van der Waals surface area contributed by atoms with E-state index in [0.717, 1.165) is 11.1 Å². The zero-order chi connectivity index (χ0) is 16.8. The molecule has 1 aromatic carbocycles. The summed E-state index contributed by atoms with van der Waals surface area (Å²) in [6.45, 7) is 4.56. The second-order valence-corrected chi connectivity index (χ2v) is 5.43. The Kier molecular flexibility index (Phi) is 5.57. The number of amides is 1. The molecule has 0 N–H and O–H groups in total. The maximum Gasteiger partial charge on any atom is 0.307 e. The summed E-state index contributed by atoms with van der Waals surface area (Å²) in [4.78, 5) is 25.8. The van der Waals surface area contributed by atoms with Crippen LogP contribution in [0.1, 0.15) is 33.7 Å². The maximum atomic E-state index is 12.8. The summed E-state index contributed by atoms with van der Waals surface area (Å²) in [5, 5.41) is 0. The summed E-state index contributed by atoms with van der Waals surface area (Å²) in [6.07, 6.45) is 1.71. The Morgan fingerprint density at radius 1 is 1.17 bits per heavy atom. The van der Waals surface area contributed by atoms with Crippen molar-refractivity contribution >= 4 is 11.9 Å². The van der Waals surface area contributed by atoms with Crippen LogP contribution in [0.25, 0.3) is 0 Å². The van der Waals surface area contributed by atoms with Crippen LogP contribution in [0, 0.1) is 13.8 Å². The van der Waals surface area contributed by atoms with Gasteiger partial charge in [-0.25, -0.2) is 0 Å². The fourth-order valence-corrected chi connectivity index (χ4v) is 2.23. The van der Waals surface area contributed by atoms with E-state index in [-0.39, 0.29) is 24.8 Å². The molecule has 2 rings (SSSR count). The van der Waals surface area contributed by atoms with Gasteiger partial charge in [0.05, 0.1) is 26.3 Å². The number of carbonyl (C=O) groups excluding carboxylic acids is 2. The van der Waals surface area contributed by atoms with Gasteiger partial charge in [0.15, 0.2) is 0 Å². The molecule has 0 spiro atoms. The number of furan rings is 1. The van der Waals surface area contributed by atoms with Gasteiger partial charge in [-0.05, 0) is 49.2 Å². The van der Waals surface area contributed by atoms with E-state index in [0.29, 0.717) is 17.9 Å². The molecule has 0 aliphatic rings. The van der Waals surface area contributed by atoms with E-state index in [9.17, 15) is 9.59 Å². The Labute approximate surface area is 135 Å². The van der Waals surface area contributed by atoms with Crippen LogP contribution in [-0.2, 0) is 16.1 Å². The first-order valence-electron chi connectivity index (χ1n) is 7.47. The van der Waals surface area contributed by atoms with E-state index < -0.39 is 0 Å². The molecule has 0 aliphatic heterocycles. The van der Waals surface area contributed by atoms with Crippen molar-refractivity contribution in [1.82, 2.24) is 4.90 Å². The summed E-state index contributed by atoms with van der Waals surface area (Å²) >= 11 is 0. The molecule has 1 heterocycles. The number of carbonyl (C=O) groups is 2. The first-order chi connectivity index (χ1) is 11.0. The molecule has 23 heavy (non-hydrogen) atoms. The molecule has 0 bridgehead atoms. The van der Waals surface area contributed by atoms with Gasteiger partial charge in [0.1, 0.15) is 5.76 Å². The van der Waals surface area contributed by atoms with Crippen LogP contribution in [0.15, 0.2) is 41.0 Å². The smallest absolute Gasteiger partial charge is 0.307 e. The molecule has 2 aromatic rings. The number of methoxy groups -OCH3 is 1. The van der Waals surface area contributed by atoms with Crippen LogP contribution >= 0.6 is 0 Å². The third-order valence-electron chi connectivity index (χ3n) is 3.78. The lowest BCUT2D eigenvalue weighted by Gasteiger charge is -2.21. The lowest BCUT2D eigenvalue weighted by Crippen LogP contribution is -2.32. The van der Waals surface area contributed by atoms with E-state index in [1.807, 2.05) is 26.0 Å². The predicted octanol–water partition coefficient (Wildman–Crippen LogP) is 3.10. The molecule has 0 fully saturated rings. The van der Waals surface area contributed by atoms with E-state index in [1.165, 1.54) is 7.11 Å². The molecule has 1 aromatic heterocycles. The Morgan fingerprint density at radius 2 is 1.96 bits per heavy atom. The van der Waals surface area contributed by atoms with Gasteiger partial charge < -0.3 is 14.1 Å². The molecule has 5 heteroatoms. The highest BCUT2D eigenvalue weighted by Crippen LogP contribution is 2.15. The molecule has 1 amide bonds. The lowest BCUT2D eigenvalue weighted by molar-refractivity contribution is -0.140. The molecule has 0 radical (unpaired) electrons. The normalized spacial score (nSPS) is 10.4. The first-order valence-corrected chi connectivity index (χ1v) is 7.47. The minimum absolute atomic E-state index is 0.131. The Bertz CT molecular complexity index is 676. The molecular formula is C18H21NO4. The molecule has 5 nitrogen and oxygen atoms in total. The van der Waals surface area contributed by atoms with Gasteiger partial charge in [-0.15, -0.1) is 0 Å². The predicted molar refractivity (Wildman–Crippen MR) is 86.0 cm³/mol. The van der Waals surface area contributed by atoms with Crippen molar-refractivity contribution < 1.29 is 18.7 Å². The van der Waals surface area contributed by atoms with Crippen molar-refractivity contribution in [2.24, 2.45) is 0 Å². The van der Waals surface area contributed by atoms with Crippen LogP contribution in [0.2, 0.25) is 0 Å².